The number of carboxylic acids is 2. The highest BCUT2D eigenvalue weighted by atomic mass is 17.2. The Kier molecular flexibility index (Phi) is 14.5. The van der Waals surface area contributed by atoms with Gasteiger partial charge in [0.2, 0.25) is 6.29 Å². The quantitative estimate of drug-likeness (QED) is 0.140. The fourth-order valence-corrected chi connectivity index (χ4v) is 1.98. The number of esters is 2. The fraction of sp³-hybridized carbons (Fsp3) is 0.391. The third kappa shape index (κ3) is 11.4. The third-order valence-corrected chi connectivity index (χ3v) is 3.64. The lowest BCUT2D eigenvalue weighted by atomic mass is 10.1. The molecule has 0 spiro atoms. The van der Waals surface area contributed by atoms with Crippen LogP contribution in [0.1, 0.15) is 48.4 Å². The van der Waals surface area contributed by atoms with E-state index in [9.17, 15) is 24.3 Å². The summed E-state index contributed by atoms with van der Waals surface area (Å²) >= 11 is 0. The Bertz CT molecular complexity index is 863. The van der Waals surface area contributed by atoms with E-state index in [0.29, 0.717) is 0 Å². The summed E-state index contributed by atoms with van der Waals surface area (Å²) in [5.74, 6) is -3.80. The number of hydrogen-bond donors (Lipinski definition) is 2. The first-order valence-electron chi connectivity index (χ1n) is 10.1. The van der Waals surface area contributed by atoms with Crippen molar-refractivity contribution < 1.29 is 53.4 Å². The third-order valence-electron chi connectivity index (χ3n) is 3.64. The van der Waals surface area contributed by atoms with Crippen LogP contribution in [-0.4, -0.2) is 66.3 Å². The lowest BCUT2D eigenvalue weighted by Crippen LogP contribution is -2.40. The van der Waals surface area contributed by atoms with Crippen molar-refractivity contribution in [3.63, 3.8) is 0 Å². The van der Waals surface area contributed by atoms with Crippen molar-refractivity contribution in [2.24, 2.45) is 0 Å². The van der Waals surface area contributed by atoms with Crippen LogP contribution in [0.2, 0.25) is 0 Å². The van der Waals surface area contributed by atoms with Gasteiger partial charge in [0.15, 0.2) is 6.10 Å². The van der Waals surface area contributed by atoms with Gasteiger partial charge >= 0.3 is 23.9 Å². The summed E-state index contributed by atoms with van der Waals surface area (Å²) in [6.07, 6.45) is -2.34. The number of carbonyl (C=O) groups is 4. The van der Waals surface area contributed by atoms with Crippen LogP contribution in [0.4, 0.5) is 0 Å². The van der Waals surface area contributed by atoms with E-state index in [-0.39, 0.29) is 35.5 Å². The smallest absolute Gasteiger partial charge is 0.339 e. The number of hydrogen-bond acceptors (Lipinski definition) is 9. The first-order valence-corrected chi connectivity index (χ1v) is 10.1. The number of benzene rings is 1. The molecule has 0 aliphatic rings. The molecule has 11 heteroatoms. The van der Waals surface area contributed by atoms with Gasteiger partial charge in [0, 0.05) is 17.8 Å². The van der Waals surface area contributed by atoms with E-state index in [0.717, 1.165) is 0 Å². The predicted molar refractivity (Wildman–Crippen MR) is 119 cm³/mol. The van der Waals surface area contributed by atoms with Gasteiger partial charge in [0.25, 0.3) is 0 Å². The molecule has 1 aromatic carbocycles. The first-order chi connectivity index (χ1) is 16.0. The molecule has 0 aliphatic carbocycles. The minimum Gasteiger partial charge on any atom is -0.478 e. The summed E-state index contributed by atoms with van der Waals surface area (Å²) < 4.78 is 15.7. The van der Waals surface area contributed by atoms with Gasteiger partial charge in [-0.15, -0.1) is 0 Å². The molecule has 0 aromatic heterocycles. The van der Waals surface area contributed by atoms with Gasteiger partial charge in [0.05, 0.1) is 17.7 Å². The summed E-state index contributed by atoms with van der Waals surface area (Å²) in [5.41, 5.74) is -0.0101. The molecule has 2 atom stereocenters. The van der Waals surface area contributed by atoms with Crippen molar-refractivity contribution in [2.45, 2.75) is 40.1 Å². The molecule has 11 nitrogen and oxygen atoms in total. The summed E-state index contributed by atoms with van der Waals surface area (Å²) in [7, 11) is 0. The van der Waals surface area contributed by atoms with Crippen molar-refractivity contribution in [3.8, 4) is 0 Å². The van der Waals surface area contributed by atoms with Crippen molar-refractivity contribution in [1.82, 2.24) is 0 Å². The van der Waals surface area contributed by atoms with Gasteiger partial charge in [-0.3, -0.25) is 0 Å². The Morgan fingerprint density at radius 2 is 1.50 bits per heavy atom. The standard InChI is InChI=1S/C19H24O9.C4H6O2/c1-5-24-19(27-17(22)12(3)4)15(28-26-6-2)11-25-18(23)14-10-8-7-9-13(14)16(20)21;1-3(2)4(5)6/h7-10,15,19H,3,5-6,11H2,1-2,4H3,(H,20,21);1H2,2H3,(H,5,6). The minimum absolute atomic E-state index is 0.128. The Morgan fingerprint density at radius 3 is 1.94 bits per heavy atom. The Morgan fingerprint density at radius 1 is 0.941 bits per heavy atom. The van der Waals surface area contributed by atoms with E-state index < -0.39 is 42.9 Å². The summed E-state index contributed by atoms with van der Waals surface area (Å²) in [5, 5.41) is 17.1. The molecule has 34 heavy (non-hydrogen) atoms. The molecule has 0 aliphatic heterocycles. The Hall–Kier alpha value is -3.54. The van der Waals surface area contributed by atoms with Crippen LogP contribution in [0.25, 0.3) is 0 Å². The first kappa shape index (κ1) is 30.5. The van der Waals surface area contributed by atoms with E-state index in [1.54, 1.807) is 13.8 Å². The van der Waals surface area contributed by atoms with E-state index in [1.807, 2.05) is 0 Å². The largest absolute Gasteiger partial charge is 0.478 e. The van der Waals surface area contributed by atoms with Crippen LogP contribution in [-0.2, 0) is 33.6 Å². The second kappa shape index (κ2) is 16.1. The molecule has 188 valence electrons. The van der Waals surface area contributed by atoms with E-state index in [2.05, 4.69) is 13.2 Å². The summed E-state index contributed by atoms with van der Waals surface area (Å²) in [6.45, 7) is 12.8. The van der Waals surface area contributed by atoms with Crippen molar-refractivity contribution in [3.05, 3.63) is 59.7 Å². The normalized spacial score (nSPS) is 11.8. The van der Waals surface area contributed by atoms with Crippen molar-refractivity contribution >= 4 is 23.9 Å². The highest BCUT2D eigenvalue weighted by Gasteiger charge is 2.30. The second-order valence-electron chi connectivity index (χ2n) is 6.59. The maximum atomic E-state index is 12.3. The maximum Gasteiger partial charge on any atom is 0.339 e. The molecule has 2 unspecified atom stereocenters. The Balaban J connectivity index is 0.00000160. The van der Waals surface area contributed by atoms with Gasteiger partial charge in [-0.05, 0) is 39.8 Å². The maximum absolute atomic E-state index is 12.3. The van der Waals surface area contributed by atoms with Crippen LogP contribution in [0.5, 0.6) is 0 Å². The highest BCUT2D eigenvalue weighted by molar-refractivity contribution is 6.02. The van der Waals surface area contributed by atoms with Gasteiger partial charge in [-0.2, -0.15) is 0 Å². The number of carbonyl (C=O) groups excluding carboxylic acids is 2. The number of ether oxygens (including phenoxy) is 3. The number of rotatable bonds is 13. The summed E-state index contributed by atoms with van der Waals surface area (Å²) in [6, 6.07) is 5.61. The zero-order valence-corrected chi connectivity index (χ0v) is 19.6. The zero-order valence-electron chi connectivity index (χ0n) is 19.6. The molecule has 0 fully saturated rings. The van der Waals surface area contributed by atoms with Crippen molar-refractivity contribution in [2.75, 3.05) is 19.8 Å². The topological polar surface area (TPSA) is 155 Å². The fourth-order valence-electron chi connectivity index (χ4n) is 1.98. The molecule has 1 rings (SSSR count). The monoisotopic (exact) mass is 482 g/mol. The number of aliphatic carboxylic acids is 1. The number of aromatic carboxylic acids is 1. The lowest BCUT2D eigenvalue weighted by molar-refractivity contribution is -0.361. The molecule has 0 amide bonds. The lowest BCUT2D eigenvalue weighted by Gasteiger charge is -2.25. The van der Waals surface area contributed by atoms with Gasteiger partial charge in [-0.25, -0.2) is 29.0 Å². The molecule has 0 radical (unpaired) electrons. The molecular formula is C23H30O11. The predicted octanol–water partition coefficient (Wildman–Crippen LogP) is 3.01. The average Bonchev–Trinajstić information content (AvgIpc) is 2.78. The molecule has 0 bridgehead atoms. The van der Waals surface area contributed by atoms with Crippen LogP contribution in [0.15, 0.2) is 48.6 Å². The minimum atomic E-state index is -1.27. The molecule has 0 heterocycles. The van der Waals surface area contributed by atoms with Gasteiger partial charge < -0.3 is 24.4 Å². The second-order valence-corrected chi connectivity index (χ2v) is 6.59. The summed E-state index contributed by atoms with van der Waals surface area (Å²) in [4.78, 5) is 55.0. The SMILES string of the molecule is C=C(C)C(=O)O.C=C(C)C(=O)OC(OCC)C(COC(=O)c1ccccc1C(=O)O)OOCC. The molecular weight excluding hydrogens is 452 g/mol. The highest BCUT2D eigenvalue weighted by Crippen LogP contribution is 2.14. The van der Waals surface area contributed by atoms with E-state index >= 15 is 0 Å². The zero-order chi connectivity index (χ0) is 26.3. The van der Waals surface area contributed by atoms with Crippen LogP contribution >= 0.6 is 0 Å². The van der Waals surface area contributed by atoms with Crippen LogP contribution in [0, 0.1) is 0 Å². The van der Waals surface area contributed by atoms with E-state index in [4.69, 9.17) is 29.1 Å². The van der Waals surface area contributed by atoms with Crippen LogP contribution < -0.4 is 0 Å². The molecule has 0 saturated carbocycles. The molecule has 0 saturated heterocycles. The van der Waals surface area contributed by atoms with E-state index in [1.165, 1.54) is 38.1 Å². The Labute approximate surface area is 197 Å². The van der Waals surface area contributed by atoms with Crippen molar-refractivity contribution in [1.29, 1.82) is 0 Å². The number of carboxylic acid groups (broad SMARTS) is 2. The van der Waals surface area contributed by atoms with Gasteiger partial charge in [-0.1, -0.05) is 25.3 Å². The van der Waals surface area contributed by atoms with Crippen LogP contribution in [0.3, 0.4) is 0 Å². The molecule has 1 aromatic rings. The van der Waals surface area contributed by atoms with Gasteiger partial charge in [0.1, 0.15) is 6.61 Å². The molecule has 2 N–H and O–H groups in total. The average molecular weight is 482 g/mol.